The van der Waals surface area contributed by atoms with Crippen molar-refractivity contribution in [3.63, 3.8) is 0 Å². The van der Waals surface area contributed by atoms with Crippen LogP contribution in [0.1, 0.15) is 17.2 Å². The maximum absolute atomic E-state index is 5.73. The first-order valence-corrected chi connectivity index (χ1v) is 6.77. The Morgan fingerprint density at radius 2 is 1.81 bits per heavy atom. The summed E-state index contributed by atoms with van der Waals surface area (Å²) in [5.74, 6) is 2.09. The molecule has 0 fully saturated rings. The Morgan fingerprint density at radius 1 is 1.14 bits per heavy atom. The van der Waals surface area contributed by atoms with Crippen molar-refractivity contribution in [2.75, 3.05) is 27.0 Å². The zero-order valence-corrected chi connectivity index (χ0v) is 12.6. The number of likely N-dealkylation sites (N-methyl/N-ethyl adjacent to an activating group) is 1. The highest BCUT2D eigenvalue weighted by Gasteiger charge is 2.13. The zero-order chi connectivity index (χ0) is 15.2. The molecule has 0 radical (unpaired) electrons. The Morgan fingerprint density at radius 3 is 2.33 bits per heavy atom. The average Bonchev–Trinajstić information content (AvgIpc) is 2.52. The second kappa shape index (κ2) is 6.95. The first-order chi connectivity index (χ1) is 10.2. The summed E-state index contributed by atoms with van der Waals surface area (Å²) in [6.07, 6.45) is 2.53. The molecule has 2 rings (SSSR count). The number of nitrogens with one attached hydrogen (secondary N) is 1. The minimum absolute atomic E-state index is 0.135. The number of nitrogens with two attached hydrogens (primary N) is 1. The monoisotopic (exact) mass is 287 g/mol. The van der Waals surface area contributed by atoms with Crippen molar-refractivity contribution < 1.29 is 9.47 Å². The SMILES string of the molecule is CNC(Cc1ccnc(N)c1)c1cc(OC)cc(OC)c1. The van der Waals surface area contributed by atoms with Crippen molar-refractivity contribution in [2.45, 2.75) is 12.5 Å². The van der Waals surface area contributed by atoms with Gasteiger partial charge in [0.05, 0.1) is 14.2 Å². The predicted molar refractivity (Wildman–Crippen MR) is 83.7 cm³/mol. The number of hydrogen-bond acceptors (Lipinski definition) is 5. The molecule has 5 heteroatoms. The van der Waals surface area contributed by atoms with Crippen LogP contribution in [-0.4, -0.2) is 26.3 Å². The number of nitrogen functional groups attached to an aromatic ring is 1. The number of nitrogens with zero attached hydrogens (tertiary/aromatic N) is 1. The van der Waals surface area contributed by atoms with Gasteiger partial charge in [0.25, 0.3) is 0 Å². The molecule has 3 N–H and O–H groups in total. The van der Waals surface area contributed by atoms with Crippen LogP contribution in [0, 0.1) is 0 Å². The van der Waals surface area contributed by atoms with Crippen LogP contribution in [0.5, 0.6) is 11.5 Å². The largest absolute Gasteiger partial charge is 0.497 e. The lowest BCUT2D eigenvalue weighted by molar-refractivity contribution is 0.392. The van der Waals surface area contributed by atoms with Crippen LogP contribution >= 0.6 is 0 Å². The predicted octanol–water partition coefficient (Wildman–Crippen LogP) is 2.18. The number of ether oxygens (including phenoxy) is 2. The molecule has 0 amide bonds. The third kappa shape index (κ3) is 3.86. The summed E-state index contributed by atoms with van der Waals surface area (Å²) in [6, 6.07) is 9.87. The quantitative estimate of drug-likeness (QED) is 0.852. The lowest BCUT2D eigenvalue weighted by Gasteiger charge is -2.18. The Balaban J connectivity index is 2.28. The molecule has 0 aliphatic carbocycles. The van der Waals surface area contributed by atoms with E-state index in [1.54, 1.807) is 20.4 Å². The van der Waals surface area contributed by atoms with E-state index in [9.17, 15) is 0 Å². The van der Waals surface area contributed by atoms with Crippen molar-refractivity contribution in [2.24, 2.45) is 0 Å². The molecular formula is C16H21N3O2. The number of benzene rings is 1. The molecule has 0 aliphatic heterocycles. The summed E-state index contributed by atoms with van der Waals surface area (Å²) in [5.41, 5.74) is 7.96. The van der Waals surface area contributed by atoms with Gasteiger partial charge < -0.3 is 20.5 Å². The summed E-state index contributed by atoms with van der Waals surface area (Å²) in [5, 5.41) is 3.32. The summed E-state index contributed by atoms with van der Waals surface area (Å²) >= 11 is 0. The zero-order valence-electron chi connectivity index (χ0n) is 12.6. The number of methoxy groups -OCH3 is 2. The third-order valence-electron chi connectivity index (χ3n) is 3.41. The lowest BCUT2D eigenvalue weighted by Crippen LogP contribution is -2.19. The fourth-order valence-corrected chi connectivity index (χ4v) is 2.27. The molecule has 2 aromatic rings. The van der Waals surface area contributed by atoms with Crippen LogP contribution in [0.15, 0.2) is 36.5 Å². The topological polar surface area (TPSA) is 69.4 Å². The van der Waals surface area contributed by atoms with Gasteiger partial charge in [-0.3, -0.25) is 0 Å². The Kier molecular flexibility index (Phi) is 5.00. The first kappa shape index (κ1) is 15.1. The maximum Gasteiger partial charge on any atom is 0.123 e. The second-order valence-electron chi connectivity index (χ2n) is 4.78. The minimum Gasteiger partial charge on any atom is -0.497 e. The van der Waals surface area contributed by atoms with Gasteiger partial charge in [-0.25, -0.2) is 4.98 Å². The van der Waals surface area contributed by atoms with Gasteiger partial charge in [0.15, 0.2) is 0 Å². The van der Waals surface area contributed by atoms with Crippen molar-refractivity contribution in [1.29, 1.82) is 0 Å². The van der Waals surface area contributed by atoms with Gasteiger partial charge in [-0.1, -0.05) is 0 Å². The van der Waals surface area contributed by atoms with E-state index in [0.717, 1.165) is 29.0 Å². The highest BCUT2D eigenvalue weighted by molar-refractivity contribution is 5.41. The molecule has 0 saturated heterocycles. The fourth-order valence-electron chi connectivity index (χ4n) is 2.27. The van der Waals surface area contributed by atoms with Crippen molar-refractivity contribution in [3.05, 3.63) is 47.7 Å². The van der Waals surface area contributed by atoms with Gasteiger partial charge in [-0.05, 0) is 48.9 Å². The summed E-state index contributed by atoms with van der Waals surface area (Å²) < 4.78 is 10.6. The summed E-state index contributed by atoms with van der Waals surface area (Å²) in [4.78, 5) is 4.02. The van der Waals surface area contributed by atoms with Crippen molar-refractivity contribution in [1.82, 2.24) is 10.3 Å². The maximum atomic E-state index is 5.73. The van der Waals surface area contributed by atoms with Crippen molar-refractivity contribution in [3.8, 4) is 11.5 Å². The standard InChI is InChI=1S/C16H21N3O2/c1-18-15(6-11-4-5-19-16(17)7-11)12-8-13(20-2)10-14(9-12)21-3/h4-5,7-10,15,18H,6H2,1-3H3,(H2,17,19). The van der Waals surface area contributed by atoms with Crippen LogP contribution in [0.3, 0.4) is 0 Å². The highest BCUT2D eigenvalue weighted by Crippen LogP contribution is 2.28. The summed E-state index contributed by atoms with van der Waals surface area (Å²) in [6.45, 7) is 0. The molecule has 112 valence electrons. The molecule has 0 saturated carbocycles. The molecule has 1 unspecified atom stereocenters. The van der Waals surface area contributed by atoms with Crippen LogP contribution < -0.4 is 20.5 Å². The smallest absolute Gasteiger partial charge is 0.123 e. The number of hydrogen-bond donors (Lipinski definition) is 2. The van der Waals surface area contributed by atoms with E-state index in [1.165, 1.54) is 0 Å². The molecular weight excluding hydrogens is 266 g/mol. The van der Waals surface area contributed by atoms with Gasteiger partial charge in [-0.2, -0.15) is 0 Å². The number of rotatable bonds is 6. The van der Waals surface area contributed by atoms with E-state index in [1.807, 2.05) is 37.4 Å². The molecule has 1 atom stereocenters. The van der Waals surface area contributed by atoms with E-state index in [-0.39, 0.29) is 6.04 Å². The molecule has 21 heavy (non-hydrogen) atoms. The van der Waals surface area contributed by atoms with Gasteiger partial charge in [0.2, 0.25) is 0 Å². The second-order valence-corrected chi connectivity index (χ2v) is 4.78. The summed E-state index contributed by atoms with van der Waals surface area (Å²) in [7, 11) is 5.23. The Hall–Kier alpha value is -2.27. The molecule has 1 heterocycles. The van der Waals surface area contributed by atoms with Crippen LogP contribution in [0.2, 0.25) is 0 Å². The normalized spacial score (nSPS) is 12.0. The third-order valence-corrected chi connectivity index (χ3v) is 3.41. The van der Waals surface area contributed by atoms with E-state index in [4.69, 9.17) is 15.2 Å². The Labute approximate surface area is 125 Å². The van der Waals surface area contributed by atoms with Crippen molar-refractivity contribution >= 4 is 5.82 Å². The van der Waals surface area contributed by atoms with Crippen LogP contribution in [0.4, 0.5) is 5.82 Å². The molecule has 0 spiro atoms. The molecule has 0 aliphatic rings. The van der Waals surface area contributed by atoms with E-state index in [0.29, 0.717) is 5.82 Å². The van der Waals surface area contributed by atoms with Gasteiger partial charge in [-0.15, -0.1) is 0 Å². The van der Waals surface area contributed by atoms with E-state index >= 15 is 0 Å². The molecule has 5 nitrogen and oxygen atoms in total. The van der Waals surface area contributed by atoms with Crippen LogP contribution in [0.25, 0.3) is 0 Å². The number of anilines is 1. The number of pyridine rings is 1. The first-order valence-electron chi connectivity index (χ1n) is 6.77. The lowest BCUT2D eigenvalue weighted by atomic mass is 9.99. The van der Waals surface area contributed by atoms with E-state index < -0.39 is 0 Å². The van der Waals surface area contributed by atoms with Gasteiger partial charge in [0, 0.05) is 18.3 Å². The van der Waals surface area contributed by atoms with Crippen LogP contribution in [-0.2, 0) is 6.42 Å². The van der Waals surface area contributed by atoms with Gasteiger partial charge in [0.1, 0.15) is 17.3 Å². The average molecular weight is 287 g/mol. The fraction of sp³-hybridized carbons (Fsp3) is 0.312. The van der Waals surface area contributed by atoms with Gasteiger partial charge >= 0.3 is 0 Å². The highest BCUT2D eigenvalue weighted by atomic mass is 16.5. The number of aromatic nitrogens is 1. The molecule has 0 bridgehead atoms. The molecule has 1 aromatic carbocycles. The van der Waals surface area contributed by atoms with E-state index in [2.05, 4.69) is 10.3 Å². The molecule has 1 aromatic heterocycles. The Bertz CT molecular complexity index is 580. The minimum atomic E-state index is 0.135.